The zero-order chi connectivity index (χ0) is 19.9. The summed E-state index contributed by atoms with van der Waals surface area (Å²) in [6, 6.07) is 15.7. The van der Waals surface area contributed by atoms with Gasteiger partial charge in [-0.2, -0.15) is 0 Å². The van der Waals surface area contributed by atoms with E-state index in [1.807, 2.05) is 56.4 Å². The Hall–Kier alpha value is -2.02. The van der Waals surface area contributed by atoms with Gasteiger partial charge in [-0.25, -0.2) is 0 Å². The lowest BCUT2D eigenvalue weighted by Gasteiger charge is -2.26. The van der Waals surface area contributed by atoms with Gasteiger partial charge in [0.1, 0.15) is 38.7 Å². The summed E-state index contributed by atoms with van der Waals surface area (Å²) in [5, 5.41) is 27.8. The summed E-state index contributed by atoms with van der Waals surface area (Å²) in [5.41, 5.74) is 2.08. The minimum Gasteiger partial charge on any atom is -0.491 e. The largest absolute Gasteiger partial charge is 0.491 e. The molecule has 3 N–H and O–H groups in total. The van der Waals surface area contributed by atoms with Gasteiger partial charge in [0.05, 0.1) is 12.7 Å². The van der Waals surface area contributed by atoms with Gasteiger partial charge in [-0.1, -0.05) is 44.4 Å². The highest BCUT2D eigenvalue weighted by Gasteiger charge is 2.23. The first-order valence-electron chi connectivity index (χ1n) is 9.30. The number of hydrogen-bond acceptors (Lipinski definition) is 5. The molecule has 1 unspecified atom stereocenters. The van der Waals surface area contributed by atoms with Crippen LogP contribution in [-0.4, -0.2) is 55.2 Å². The fraction of sp³-hybridized carbons (Fsp3) is 0.429. The Bertz CT molecular complexity index is 625. The molecule has 0 bridgehead atoms. The van der Waals surface area contributed by atoms with E-state index < -0.39 is 12.2 Å². The van der Waals surface area contributed by atoms with Gasteiger partial charge in [0, 0.05) is 5.41 Å². The molecule has 27 heavy (non-hydrogen) atoms. The van der Waals surface area contributed by atoms with Gasteiger partial charge in [-0.15, -0.1) is 0 Å². The first-order chi connectivity index (χ1) is 12.9. The predicted molar refractivity (Wildman–Crippen MR) is 108 cm³/mol. The fourth-order valence-corrected chi connectivity index (χ4v) is 2.66. The molecule has 2 aromatic rings. The molecule has 6 heteroatoms. The number of ether oxygens (including phenoxy) is 2. The minimum atomic E-state index is -0.875. The van der Waals surface area contributed by atoms with Crippen molar-refractivity contribution in [2.24, 2.45) is 0 Å². The summed E-state index contributed by atoms with van der Waals surface area (Å²) in [6.45, 7) is 4.34. The number of aliphatic hydroxyl groups excluding tert-OH is 3. The van der Waals surface area contributed by atoms with E-state index in [0.29, 0.717) is 18.7 Å². The van der Waals surface area contributed by atoms with Crippen LogP contribution in [0.4, 0.5) is 0 Å². The maximum Gasteiger partial charge on any atom is 0.119 e. The van der Waals surface area contributed by atoms with Crippen LogP contribution >= 0.6 is 0 Å². The van der Waals surface area contributed by atoms with Crippen LogP contribution in [0.15, 0.2) is 48.5 Å². The Morgan fingerprint density at radius 2 is 1.22 bits per heavy atom. The van der Waals surface area contributed by atoms with Gasteiger partial charge in [0.25, 0.3) is 0 Å². The molecule has 0 saturated heterocycles. The summed E-state index contributed by atoms with van der Waals surface area (Å²) in [6.07, 6.45) is -0.648. The van der Waals surface area contributed by atoms with E-state index in [2.05, 4.69) is 13.8 Å². The van der Waals surface area contributed by atoms with E-state index >= 15 is 0 Å². The summed E-state index contributed by atoms with van der Waals surface area (Å²) >= 11 is 0. The molecule has 0 saturated carbocycles. The second-order valence-corrected chi connectivity index (χ2v) is 7.19. The lowest BCUT2D eigenvalue weighted by molar-refractivity contribution is 0.0536. The second-order valence-electron chi connectivity index (χ2n) is 7.19. The Morgan fingerprint density at radius 3 is 1.59 bits per heavy atom. The molecular formula is C21H29BO5. The van der Waals surface area contributed by atoms with Crippen molar-refractivity contribution >= 4 is 7.85 Å². The minimum absolute atomic E-state index is 0.0629. The molecule has 0 heterocycles. The molecule has 0 aromatic heterocycles. The lowest BCUT2D eigenvalue weighted by Crippen LogP contribution is -2.21. The standard InChI is InChI=1S/C21H29BO5/c1-21(2,15-3-7-19(8-4-15)26-13-17(24)11-22)16-5-9-20(10-6-16)27-14-18(25)12-23/h3-10,17-18,23-25H,11-14,22H2,1-2H3/t17-,18?/m0/s1. The van der Waals surface area contributed by atoms with E-state index in [1.165, 1.54) is 0 Å². The summed E-state index contributed by atoms with van der Waals surface area (Å²) in [7, 11) is 1.92. The van der Waals surface area contributed by atoms with Gasteiger partial charge in [-0.05, 0) is 35.4 Å². The zero-order valence-corrected chi connectivity index (χ0v) is 16.3. The van der Waals surface area contributed by atoms with Crippen molar-refractivity contribution in [3.05, 3.63) is 59.7 Å². The predicted octanol–water partition coefficient (Wildman–Crippen LogP) is 1.54. The molecular weight excluding hydrogens is 343 g/mol. The molecule has 0 aliphatic heterocycles. The van der Waals surface area contributed by atoms with Gasteiger partial charge < -0.3 is 24.8 Å². The first kappa shape index (κ1) is 21.3. The summed E-state index contributed by atoms with van der Waals surface area (Å²) < 4.78 is 11.1. The third-order valence-corrected chi connectivity index (χ3v) is 4.72. The van der Waals surface area contributed by atoms with Crippen molar-refractivity contribution < 1.29 is 24.8 Å². The van der Waals surface area contributed by atoms with Gasteiger partial charge in [-0.3, -0.25) is 0 Å². The van der Waals surface area contributed by atoms with Crippen LogP contribution in [0.1, 0.15) is 25.0 Å². The molecule has 2 atom stereocenters. The van der Waals surface area contributed by atoms with Crippen LogP contribution in [-0.2, 0) is 5.41 Å². The number of benzene rings is 2. The smallest absolute Gasteiger partial charge is 0.119 e. The quantitative estimate of drug-likeness (QED) is 0.552. The van der Waals surface area contributed by atoms with Crippen molar-refractivity contribution in [3.63, 3.8) is 0 Å². The van der Waals surface area contributed by atoms with Gasteiger partial charge in [0.2, 0.25) is 0 Å². The molecule has 146 valence electrons. The Kier molecular flexibility index (Phi) is 7.71. The third-order valence-electron chi connectivity index (χ3n) is 4.72. The highest BCUT2D eigenvalue weighted by molar-refractivity contribution is 6.08. The summed E-state index contributed by atoms with van der Waals surface area (Å²) in [4.78, 5) is 0. The van der Waals surface area contributed by atoms with Crippen LogP contribution in [0.25, 0.3) is 0 Å². The molecule has 0 spiro atoms. The monoisotopic (exact) mass is 372 g/mol. The van der Waals surface area contributed by atoms with E-state index in [1.54, 1.807) is 0 Å². The number of rotatable bonds is 10. The average Bonchev–Trinajstić information content (AvgIpc) is 2.70. The zero-order valence-electron chi connectivity index (χ0n) is 16.3. The van der Waals surface area contributed by atoms with Crippen LogP contribution in [0.3, 0.4) is 0 Å². The molecule has 2 aromatic carbocycles. The van der Waals surface area contributed by atoms with E-state index in [9.17, 15) is 10.2 Å². The average molecular weight is 372 g/mol. The van der Waals surface area contributed by atoms with Crippen LogP contribution < -0.4 is 9.47 Å². The SMILES string of the molecule is BC[C@H](O)COc1ccc(C(C)(C)c2ccc(OCC(O)CO)cc2)cc1. The molecule has 0 radical (unpaired) electrons. The van der Waals surface area contributed by atoms with E-state index in [4.69, 9.17) is 14.6 Å². The highest BCUT2D eigenvalue weighted by atomic mass is 16.5. The maximum absolute atomic E-state index is 9.60. The summed E-state index contributed by atoms with van der Waals surface area (Å²) in [5.74, 6) is 1.40. The van der Waals surface area contributed by atoms with Crippen LogP contribution in [0.2, 0.25) is 6.32 Å². The fourth-order valence-electron chi connectivity index (χ4n) is 2.66. The van der Waals surface area contributed by atoms with Crippen LogP contribution in [0, 0.1) is 0 Å². The second kappa shape index (κ2) is 9.79. The Labute approximate surface area is 162 Å². The topological polar surface area (TPSA) is 79.2 Å². The van der Waals surface area contributed by atoms with E-state index in [0.717, 1.165) is 16.9 Å². The molecule has 0 aliphatic carbocycles. The van der Waals surface area contributed by atoms with Gasteiger partial charge >= 0.3 is 0 Å². The van der Waals surface area contributed by atoms with Crippen molar-refractivity contribution in [1.29, 1.82) is 0 Å². The molecule has 0 fully saturated rings. The molecule has 0 amide bonds. The molecule has 5 nitrogen and oxygen atoms in total. The lowest BCUT2D eigenvalue weighted by atomic mass is 9.78. The molecule has 0 aliphatic rings. The Balaban J connectivity index is 2.04. The van der Waals surface area contributed by atoms with Crippen molar-refractivity contribution in [2.75, 3.05) is 19.8 Å². The van der Waals surface area contributed by atoms with Crippen molar-refractivity contribution in [3.8, 4) is 11.5 Å². The maximum atomic E-state index is 9.60. The number of hydrogen-bond donors (Lipinski definition) is 3. The van der Waals surface area contributed by atoms with Gasteiger partial charge in [0.15, 0.2) is 0 Å². The normalized spacial score (nSPS) is 13.8. The van der Waals surface area contributed by atoms with Crippen molar-refractivity contribution in [2.45, 2.75) is 37.8 Å². The molecule has 2 rings (SSSR count). The van der Waals surface area contributed by atoms with Crippen LogP contribution in [0.5, 0.6) is 11.5 Å². The highest BCUT2D eigenvalue weighted by Crippen LogP contribution is 2.33. The van der Waals surface area contributed by atoms with Crippen molar-refractivity contribution in [1.82, 2.24) is 0 Å². The van der Waals surface area contributed by atoms with E-state index in [-0.39, 0.29) is 18.6 Å². The Morgan fingerprint density at radius 1 is 0.815 bits per heavy atom. The first-order valence-corrected chi connectivity index (χ1v) is 9.30. The third kappa shape index (κ3) is 5.99. The number of aliphatic hydroxyl groups is 3.